The molecule has 19 heteroatoms. The van der Waals surface area contributed by atoms with E-state index >= 15 is 0 Å². The van der Waals surface area contributed by atoms with Gasteiger partial charge in [0, 0.05) is 25.7 Å². The summed E-state index contributed by atoms with van der Waals surface area (Å²) in [4.78, 5) is 72.5. The van der Waals surface area contributed by atoms with Gasteiger partial charge < -0.3 is 33.8 Å². The minimum absolute atomic E-state index is 0.107. The van der Waals surface area contributed by atoms with Crippen molar-refractivity contribution < 1.29 is 80.2 Å². The van der Waals surface area contributed by atoms with Crippen molar-refractivity contribution in [2.45, 2.75) is 381 Å². The van der Waals surface area contributed by atoms with Crippen molar-refractivity contribution in [2.24, 2.45) is 11.8 Å². The maximum Gasteiger partial charge on any atom is 0.472 e. The fourth-order valence-electron chi connectivity index (χ4n) is 10.8. The fraction of sp³-hybridized carbons (Fsp3) is 0.944. The molecule has 0 amide bonds. The summed E-state index contributed by atoms with van der Waals surface area (Å²) < 4.78 is 68.3. The molecule has 0 aliphatic heterocycles. The van der Waals surface area contributed by atoms with Crippen molar-refractivity contribution in [3.63, 3.8) is 0 Å². The van der Waals surface area contributed by atoms with E-state index in [-0.39, 0.29) is 25.7 Å². The average molecular weight is 1330 g/mol. The lowest BCUT2D eigenvalue weighted by atomic mass is 10.0. The van der Waals surface area contributed by atoms with Gasteiger partial charge in [-0.15, -0.1) is 0 Å². The first-order valence-electron chi connectivity index (χ1n) is 37.0. The van der Waals surface area contributed by atoms with E-state index < -0.39 is 97.5 Å². The number of ether oxygens (including phenoxy) is 4. The van der Waals surface area contributed by atoms with E-state index in [9.17, 15) is 43.2 Å². The maximum atomic E-state index is 13.0. The van der Waals surface area contributed by atoms with Crippen LogP contribution in [0, 0.1) is 11.8 Å². The third kappa shape index (κ3) is 64.8. The zero-order valence-corrected chi connectivity index (χ0v) is 60.2. The Morgan fingerprint density at radius 1 is 0.300 bits per heavy atom. The summed E-state index contributed by atoms with van der Waals surface area (Å²) in [6.45, 7) is 9.54. The highest BCUT2D eigenvalue weighted by Gasteiger charge is 2.30. The van der Waals surface area contributed by atoms with Crippen LogP contribution in [0.15, 0.2) is 0 Å². The monoisotopic (exact) mass is 1320 g/mol. The average Bonchev–Trinajstić information content (AvgIpc) is 3.53. The van der Waals surface area contributed by atoms with Gasteiger partial charge in [-0.25, -0.2) is 9.13 Å². The molecule has 0 saturated heterocycles. The number of hydrogen-bond acceptors (Lipinski definition) is 15. The van der Waals surface area contributed by atoms with E-state index in [1.165, 1.54) is 180 Å². The van der Waals surface area contributed by atoms with E-state index in [0.29, 0.717) is 25.7 Å². The van der Waals surface area contributed by atoms with Crippen LogP contribution < -0.4 is 0 Å². The molecule has 0 spiro atoms. The van der Waals surface area contributed by atoms with Gasteiger partial charge in [0.05, 0.1) is 26.4 Å². The number of phosphoric ester groups is 2. The summed E-state index contributed by atoms with van der Waals surface area (Å²) in [6, 6.07) is 0. The minimum Gasteiger partial charge on any atom is -0.462 e. The van der Waals surface area contributed by atoms with Crippen molar-refractivity contribution in [3.05, 3.63) is 0 Å². The molecular formula is C71H138O17P2. The van der Waals surface area contributed by atoms with Crippen molar-refractivity contribution in [1.82, 2.24) is 0 Å². The molecule has 0 saturated carbocycles. The standard InChI is InChI=1S/C71H138O17P2/c1-7-9-11-13-15-17-23-28-35-41-47-53-68(73)81-59-66(87-70(75)55-49-43-37-29-24-18-16-14-12-10-8-2)61-85-89(77,78)83-57-65(72)58-84-90(79,80)86-62-67(60-82-69(74)54-48-42-36-32-31-34-40-46-52-64(5)6)88-71(76)56-50-44-38-30-26-22-20-19-21-25-27-33-39-45-51-63(3)4/h63-67,72H,7-62H2,1-6H3,(H,77,78)(H,79,80)/t65-,66+,67+/m0/s1. The second-order valence-corrected chi connectivity index (χ2v) is 29.5. The molecule has 90 heavy (non-hydrogen) atoms. The number of phosphoric acid groups is 2. The third-order valence-electron chi connectivity index (χ3n) is 16.5. The lowest BCUT2D eigenvalue weighted by Gasteiger charge is -2.21. The molecule has 5 atom stereocenters. The smallest absolute Gasteiger partial charge is 0.462 e. The highest BCUT2D eigenvalue weighted by Crippen LogP contribution is 2.45. The summed E-state index contributed by atoms with van der Waals surface area (Å²) in [6.07, 6.45) is 48.5. The Bertz CT molecular complexity index is 1750. The van der Waals surface area contributed by atoms with Gasteiger partial charge in [-0.1, -0.05) is 311 Å². The van der Waals surface area contributed by atoms with E-state index in [1.54, 1.807) is 0 Å². The Morgan fingerprint density at radius 2 is 0.511 bits per heavy atom. The van der Waals surface area contributed by atoms with Crippen LogP contribution in [0.1, 0.15) is 363 Å². The van der Waals surface area contributed by atoms with Gasteiger partial charge in [0.15, 0.2) is 12.2 Å². The van der Waals surface area contributed by atoms with Gasteiger partial charge in [0.2, 0.25) is 0 Å². The van der Waals surface area contributed by atoms with Gasteiger partial charge in [0.25, 0.3) is 0 Å². The van der Waals surface area contributed by atoms with Crippen LogP contribution in [0.2, 0.25) is 0 Å². The number of aliphatic hydroxyl groups is 1. The van der Waals surface area contributed by atoms with E-state index in [1.807, 2.05) is 0 Å². The van der Waals surface area contributed by atoms with Crippen LogP contribution in [0.3, 0.4) is 0 Å². The van der Waals surface area contributed by atoms with E-state index in [4.69, 9.17) is 37.0 Å². The first-order chi connectivity index (χ1) is 43.4. The zero-order chi connectivity index (χ0) is 66.5. The molecule has 3 N–H and O–H groups in total. The molecule has 0 radical (unpaired) electrons. The summed E-state index contributed by atoms with van der Waals surface area (Å²) in [5, 5.41) is 10.6. The normalized spacial score (nSPS) is 14.1. The van der Waals surface area contributed by atoms with Crippen molar-refractivity contribution in [3.8, 4) is 0 Å². The van der Waals surface area contributed by atoms with Crippen LogP contribution in [-0.2, 0) is 65.4 Å². The van der Waals surface area contributed by atoms with Gasteiger partial charge in [-0.3, -0.25) is 37.3 Å². The highest BCUT2D eigenvalue weighted by atomic mass is 31.2. The van der Waals surface area contributed by atoms with Crippen molar-refractivity contribution in [1.29, 1.82) is 0 Å². The van der Waals surface area contributed by atoms with Crippen molar-refractivity contribution >= 4 is 39.5 Å². The van der Waals surface area contributed by atoms with Gasteiger partial charge >= 0.3 is 39.5 Å². The van der Waals surface area contributed by atoms with Crippen LogP contribution >= 0.6 is 15.6 Å². The maximum absolute atomic E-state index is 13.0. The first-order valence-corrected chi connectivity index (χ1v) is 40.0. The molecule has 0 aromatic rings. The second-order valence-electron chi connectivity index (χ2n) is 26.6. The molecule has 0 bridgehead atoms. The summed E-state index contributed by atoms with van der Waals surface area (Å²) in [5.74, 6) is -0.600. The molecule has 0 aliphatic rings. The molecular weight excluding hydrogens is 1190 g/mol. The topological polar surface area (TPSA) is 237 Å². The molecule has 0 aromatic carbocycles. The molecule has 2 unspecified atom stereocenters. The van der Waals surface area contributed by atoms with Crippen LogP contribution in [-0.4, -0.2) is 96.7 Å². The molecule has 0 aliphatic carbocycles. The van der Waals surface area contributed by atoms with Crippen LogP contribution in [0.25, 0.3) is 0 Å². The number of aliphatic hydroxyl groups excluding tert-OH is 1. The Hall–Kier alpha value is -1.94. The fourth-order valence-corrected chi connectivity index (χ4v) is 12.3. The Morgan fingerprint density at radius 3 is 0.756 bits per heavy atom. The van der Waals surface area contributed by atoms with Gasteiger partial charge in [-0.2, -0.15) is 0 Å². The summed E-state index contributed by atoms with van der Waals surface area (Å²) >= 11 is 0. The molecule has 534 valence electrons. The van der Waals surface area contributed by atoms with Crippen molar-refractivity contribution in [2.75, 3.05) is 39.6 Å². The predicted octanol–water partition coefficient (Wildman–Crippen LogP) is 20.4. The predicted molar refractivity (Wildman–Crippen MR) is 363 cm³/mol. The molecule has 0 rings (SSSR count). The quantitative estimate of drug-likeness (QED) is 0.0222. The van der Waals surface area contributed by atoms with Crippen LogP contribution in [0.4, 0.5) is 0 Å². The second kappa shape index (κ2) is 63.1. The SMILES string of the molecule is CCCCCCCCCCCCCC(=O)OC[C@H](COP(=O)(O)OC[C@H](O)COP(=O)(O)OC[C@@H](COC(=O)CCCCCCCCCCC(C)C)OC(=O)CCCCCCCCCCCCCCCCC(C)C)OC(=O)CCCCCCCCCCCCC. The largest absolute Gasteiger partial charge is 0.472 e. The van der Waals surface area contributed by atoms with E-state index in [2.05, 4.69) is 41.5 Å². The number of hydrogen-bond donors (Lipinski definition) is 3. The minimum atomic E-state index is -4.95. The molecule has 0 fully saturated rings. The lowest BCUT2D eigenvalue weighted by Crippen LogP contribution is -2.30. The van der Waals surface area contributed by atoms with E-state index in [0.717, 1.165) is 102 Å². The number of rotatable bonds is 70. The van der Waals surface area contributed by atoms with Gasteiger partial charge in [-0.05, 0) is 37.5 Å². The molecule has 0 heterocycles. The Labute approximate surface area is 549 Å². The molecule has 0 aromatic heterocycles. The number of esters is 4. The number of carbonyl (C=O) groups excluding carboxylic acids is 4. The first kappa shape index (κ1) is 88.1. The zero-order valence-electron chi connectivity index (χ0n) is 58.4. The Kier molecular flexibility index (Phi) is 61.8. The number of unbranched alkanes of at least 4 members (excludes halogenated alkanes) is 40. The van der Waals surface area contributed by atoms with Gasteiger partial charge in [0.1, 0.15) is 19.3 Å². The summed E-state index contributed by atoms with van der Waals surface area (Å²) in [7, 11) is -9.90. The number of carbonyl (C=O) groups is 4. The third-order valence-corrected chi connectivity index (χ3v) is 18.4. The lowest BCUT2D eigenvalue weighted by molar-refractivity contribution is -0.161. The Balaban J connectivity index is 5.23. The summed E-state index contributed by atoms with van der Waals surface area (Å²) in [5.41, 5.74) is 0. The molecule has 17 nitrogen and oxygen atoms in total. The van der Waals surface area contributed by atoms with Crippen LogP contribution in [0.5, 0.6) is 0 Å². The highest BCUT2D eigenvalue weighted by molar-refractivity contribution is 7.47.